The fraction of sp³-hybridized carbons (Fsp3) is 0.421. The van der Waals surface area contributed by atoms with Crippen LogP contribution in [0.25, 0.3) is 5.57 Å². The van der Waals surface area contributed by atoms with Crippen LogP contribution in [-0.4, -0.2) is 12.9 Å². The van der Waals surface area contributed by atoms with Crippen molar-refractivity contribution in [2.75, 3.05) is 7.11 Å². The molecule has 0 N–H and O–H groups in total. The molecule has 1 atom stereocenters. The molecule has 2 aliphatic carbocycles. The molecule has 0 radical (unpaired) electrons. The van der Waals surface area contributed by atoms with E-state index in [1.807, 2.05) is 12.1 Å². The molecule has 2 aliphatic rings. The Bertz CT molecular complexity index is 634. The van der Waals surface area contributed by atoms with Gasteiger partial charge in [-0.15, -0.1) is 0 Å². The van der Waals surface area contributed by atoms with Crippen LogP contribution in [0.4, 0.5) is 0 Å². The first-order valence-corrected chi connectivity index (χ1v) is 7.71. The van der Waals surface area contributed by atoms with Crippen LogP contribution >= 0.6 is 0 Å². The van der Waals surface area contributed by atoms with Crippen molar-refractivity contribution < 1.29 is 9.53 Å². The normalized spacial score (nSPS) is 24.9. The minimum absolute atomic E-state index is 0.235. The Morgan fingerprint density at radius 2 is 1.95 bits per heavy atom. The summed E-state index contributed by atoms with van der Waals surface area (Å²) in [4.78, 5) is 12.2. The van der Waals surface area contributed by atoms with Gasteiger partial charge in [-0.25, -0.2) is 0 Å². The molecule has 0 saturated carbocycles. The summed E-state index contributed by atoms with van der Waals surface area (Å²) < 4.78 is 5.24. The maximum absolute atomic E-state index is 12.2. The molecule has 0 bridgehead atoms. The molecular weight excluding hydrogens is 260 g/mol. The summed E-state index contributed by atoms with van der Waals surface area (Å²) >= 11 is 0. The number of fused-ring (bicyclic) bond motifs is 1. The van der Waals surface area contributed by atoms with Crippen molar-refractivity contribution in [2.24, 2.45) is 5.41 Å². The van der Waals surface area contributed by atoms with Gasteiger partial charge in [0.05, 0.1) is 12.5 Å². The van der Waals surface area contributed by atoms with Crippen molar-refractivity contribution in [3.05, 3.63) is 47.1 Å². The van der Waals surface area contributed by atoms with Gasteiger partial charge in [0.2, 0.25) is 0 Å². The monoisotopic (exact) mass is 282 g/mol. The van der Waals surface area contributed by atoms with E-state index in [1.54, 1.807) is 7.11 Å². The zero-order valence-corrected chi connectivity index (χ0v) is 13.0. The predicted octanol–water partition coefficient (Wildman–Crippen LogP) is 4.56. The lowest BCUT2D eigenvalue weighted by Crippen LogP contribution is -2.29. The van der Waals surface area contributed by atoms with Gasteiger partial charge in [0.15, 0.2) is 0 Å². The third-order valence-electron chi connectivity index (χ3n) is 5.06. The molecule has 21 heavy (non-hydrogen) atoms. The van der Waals surface area contributed by atoms with E-state index in [-0.39, 0.29) is 5.41 Å². The van der Waals surface area contributed by atoms with Crippen LogP contribution in [-0.2, 0) is 4.79 Å². The van der Waals surface area contributed by atoms with Crippen molar-refractivity contribution in [3.63, 3.8) is 0 Å². The number of ketones is 1. The zero-order valence-electron chi connectivity index (χ0n) is 13.0. The number of hydrogen-bond acceptors (Lipinski definition) is 2. The number of allylic oxidation sites excluding steroid dienone is 4. The first-order valence-electron chi connectivity index (χ1n) is 7.71. The molecule has 0 spiro atoms. The van der Waals surface area contributed by atoms with Gasteiger partial charge in [-0.05, 0) is 60.6 Å². The van der Waals surface area contributed by atoms with Gasteiger partial charge >= 0.3 is 0 Å². The Labute approximate surface area is 126 Å². The van der Waals surface area contributed by atoms with Gasteiger partial charge in [-0.2, -0.15) is 0 Å². The molecule has 2 nitrogen and oxygen atoms in total. The summed E-state index contributed by atoms with van der Waals surface area (Å²) in [5.74, 6) is 1.27. The molecule has 2 heteroatoms. The lowest BCUT2D eigenvalue weighted by molar-refractivity contribution is -0.124. The average Bonchev–Trinajstić information content (AvgIpc) is 2.82. The van der Waals surface area contributed by atoms with Crippen molar-refractivity contribution in [2.45, 2.75) is 39.5 Å². The van der Waals surface area contributed by atoms with Crippen LogP contribution in [0.1, 0.15) is 45.1 Å². The van der Waals surface area contributed by atoms with Crippen LogP contribution in [0.15, 0.2) is 41.5 Å². The lowest BCUT2D eigenvalue weighted by atomic mass is 9.68. The minimum Gasteiger partial charge on any atom is -0.497 e. The third kappa shape index (κ3) is 2.14. The Hall–Kier alpha value is -1.83. The van der Waals surface area contributed by atoms with E-state index in [9.17, 15) is 4.79 Å². The Kier molecular flexibility index (Phi) is 3.48. The lowest BCUT2D eigenvalue weighted by Gasteiger charge is -2.35. The fourth-order valence-corrected chi connectivity index (χ4v) is 3.73. The Morgan fingerprint density at radius 3 is 2.57 bits per heavy atom. The molecule has 0 amide bonds. The van der Waals surface area contributed by atoms with Gasteiger partial charge in [-0.1, -0.05) is 25.1 Å². The van der Waals surface area contributed by atoms with Crippen molar-refractivity contribution in [1.82, 2.24) is 0 Å². The first kappa shape index (κ1) is 14.1. The number of hydrogen-bond donors (Lipinski definition) is 0. The van der Waals surface area contributed by atoms with E-state index in [2.05, 4.69) is 32.1 Å². The van der Waals surface area contributed by atoms with E-state index in [0.717, 1.165) is 25.0 Å². The Balaban J connectivity index is 2.06. The second-order valence-electron chi connectivity index (χ2n) is 6.12. The number of methoxy groups -OCH3 is 1. The molecule has 0 heterocycles. The molecular formula is C19H22O2. The highest BCUT2D eigenvalue weighted by atomic mass is 16.5. The average molecular weight is 282 g/mol. The molecule has 1 aromatic rings. The summed E-state index contributed by atoms with van der Waals surface area (Å²) in [6.07, 6.45) is 5.66. The third-order valence-corrected chi connectivity index (χ3v) is 5.06. The highest BCUT2D eigenvalue weighted by Gasteiger charge is 2.44. The van der Waals surface area contributed by atoms with E-state index in [0.29, 0.717) is 12.2 Å². The summed E-state index contributed by atoms with van der Waals surface area (Å²) in [6.45, 7) is 4.31. The van der Waals surface area contributed by atoms with Crippen LogP contribution < -0.4 is 4.74 Å². The van der Waals surface area contributed by atoms with E-state index < -0.39 is 0 Å². The van der Waals surface area contributed by atoms with Crippen LogP contribution in [0.2, 0.25) is 0 Å². The van der Waals surface area contributed by atoms with Crippen LogP contribution in [0, 0.1) is 5.41 Å². The number of rotatable bonds is 3. The van der Waals surface area contributed by atoms with Crippen molar-refractivity contribution in [1.29, 1.82) is 0 Å². The quantitative estimate of drug-likeness (QED) is 0.812. The molecule has 0 aliphatic heterocycles. The second-order valence-corrected chi connectivity index (χ2v) is 6.12. The summed E-state index contributed by atoms with van der Waals surface area (Å²) in [5, 5.41) is 0. The number of Topliss-reactive ketones (excluding diaryl/α,β-unsaturated/α-hetero) is 1. The molecule has 0 unspecified atom stereocenters. The number of ether oxygens (including phenoxy) is 1. The topological polar surface area (TPSA) is 26.3 Å². The number of carbonyl (C=O) groups is 1. The number of benzene rings is 1. The maximum atomic E-state index is 12.2. The molecule has 0 saturated heterocycles. The van der Waals surface area contributed by atoms with Crippen molar-refractivity contribution in [3.8, 4) is 5.75 Å². The predicted molar refractivity (Wildman–Crippen MR) is 85.3 cm³/mol. The van der Waals surface area contributed by atoms with Crippen LogP contribution in [0.5, 0.6) is 5.75 Å². The van der Waals surface area contributed by atoms with E-state index in [4.69, 9.17) is 4.74 Å². The van der Waals surface area contributed by atoms with Gasteiger partial charge in [0.25, 0.3) is 0 Å². The summed E-state index contributed by atoms with van der Waals surface area (Å²) in [5.41, 5.74) is 5.08. The number of carbonyl (C=O) groups excluding carboxylic acids is 1. The minimum atomic E-state index is -0.235. The highest BCUT2D eigenvalue weighted by Crippen LogP contribution is 2.51. The summed E-state index contributed by atoms with van der Waals surface area (Å²) in [7, 11) is 1.69. The SMILES string of the molecule is CCC1=C(c2ccc(OC)cc2)CC[C@]2(C)C(=O)CC=C12. The van der Waals surface area contributed by atoms with E-state index >= 15 is 0 Å². The molecule has 110 valence electrons. The van der Waals surface area contributed by atoms with E-state index in [1.165, 1.54) is 22.3 Å². The molecule has 1 aromatic carbocycles. The summed E-state index contributed by atoms with van der Waals surface area (Å²) in [6, 6.07) is 8.28. The molecule has 0 fully saturated rings. The van der Waals surface area contributed by atoms with Gasteiger partial charge in [0.1, 0.15) is 11.5 Å². The molecule has 3 rings (SSSR count). The largest absolute Gasteiger partial charge is 0.497 e. The highest BCUT2D eigenvalue weighted by molar-refractivity contribution is 5.96. The molecule has 0 aromatic heterocycles. The Morgan fingerprint density at radius 1 is 1.24 bits per heavy atom. The van der Waals surface area contributed by atoms with Gasteiger partial charge in [0, 0.05) is 6.42 Å². The fourth-order valence-electron chi connectivity index (χ4n) is 3.73. The maximum Gasteiger partial charge on any atom is 0.146 e. The van der Waals surface area contributed by atoms with Gasteiger partial charge < -0.3 is 4.74 Å². The second kappa shape index (κ2) is 5.18. The standard InChI is InChI=1S/C19H22O2/c1-4-15-16(13-5-7-14(21-3)8-6-13)11-12-19(2)17(15)9-10-18(19)20/h5-9H,4,10-12H2,1-3H3/t19-/m0/s1. The van der Waals surface area contributed by atoms with Crippen molar-refractivity contribution >= 4 is 11.4 Å². The van der Waals surface area contributed by atoms with Gasteiger partial charge in [-0.3, -0.25) is 4.79 Å². The zero-order chi connectivity index (χ0) is 15.0. The smallest absolute Gasteiger partial charge is 0.146 e. The first-order chi connectivity index (χ1) is 10.1. The van der Waals surface area contributed by atoms with Crippen LogP contribution in [0.3, 0.4) is 0 Å².